The Morgan fingerprint density at radius 3 is 2.41 bits per heavy atom. The van der Waals surface area contributed by atoms with Gasteiger partial charge in [0.1, 0.15) is 0 Å². The Bertz CT molecular complexity index is 864. The number of thioether (sulfide) groups is 1. The van der Waals surface area contributed by atoms with Crippen LogP contribution in [0.5, 0.6) is 11.5 Å². The first-order valence-electron chi connectivity index (χ1n) is 8.91. The zero-order valence-corrected chi connectivity index (χ0v) is 17.8. The third-order valence-corrected chi connectivity index (χ3v) is 4.92. The number of para-hydroxylation sites is 1. The third-order valence-electron chi connectivity index (χ3n) is 4.17. The van der Waals surface area contributed by atoms with Gasteiger partial charge in [0.2, 0.25) is 0 Å². The van der Waals surface area contributed by atoms with E-state index in [1.54, 1.807) is 50.2 Å². The molecule has 0 spiro atoms. The highest BCUT2D eigenvalue weighted by molar-refractivity contribution is 7.98. The van der Waals surface area contributed by atoms with E-state index in [-0.39, 0.29) is 12.5 Å². The molecule has 154 valence electrons. The molecule has 2 rings (SSSR count). The summed E-state index contributed by atoms with van der Waals surface area (Å²) in [5, 5.41) is 0. The molecule has 0 radical (unpaired) electrons. The van der Waals surface area contributed by atoms with Crippen molar-refractivity contribution in [1.29, 1.82) is 0 Å². The van der Waals surface area contributed by atoms with Crippen molar-refractivity contribution in [2.45, 2.75) is 11.4 Å². The van der Waals surface area contributed by atoms with Gasteiger partial charge in [0.25, 0.3) is 5.91 Å². The van der Waals surface area contributed by atoms with Gasteiger partial charge in [-0.15, -0.1) is 11.8 Å². The molecule has 0 saturated heterocycles. The molecule has 0 saturated carbocycles. The van der Waals surface area contributed by atoms with Crippen LogP contribution in [0.2, 0.25) is 0 Å². The van der Waals surface area contributed by atoms with Gasteiger partial charge in [0, 0.05) is 30.1 Å². The Balaban J connectivity index is 1.88. The Kier molecular flexibility index (Phi) is 8.61. The number of amides is 1. The topological polar surface area (TPSA) is 65.1 Å². The molecule has 0 aliphatic rings. The van der Waals surface area contributed by atoms with Crippen LogP contribution in [-0.4, -0.2) is 50.9 Å². The number of hydrogen-bond donors (Lipinski definition) is 0. The van der Waals surface area contributed by atoms with Gasteiger partial charge in [0.05, 0.1) is 14.2 Å². The average Bonchev–Trinajstić information content (AvgIpc) is 2.75. The number of carbonyl (C=O) groups is 2. The van der Waals surface area contributed by atoms with Gasteiger partial charge in [-0.25, -0.2) is 4.79 Å². The fraction of sp³-hybridized carbons (Fsp3) is 0.273. The number of likely N-dealkylation sites (N-methyl/N-ethyl adjacent to an activating group) is 1. The number of ether oxygens (including phenoxy) is 3. The van der Waals surface area contributed by atoms with Crippen molar-refractivity contribution in [3.63, 3.8) is 0 Å². The first-order chi connectivity index (χ1) is 14.0. The van der Waals surface area contributed by atoms with Crippen LogP contribution >= 0.6 is 11.8 Å². The molecule has 0 heterocycles. The van der Waals surface area contributed by atoms with E-state index in [9.17, 15) is 9.59 Å². The minimum Gasteiger partial charge on any atom is -0.493 e. The lowest BCUT2D eigenvalue weighted by Crippen LogP contribution is -2.30. The van der Waals surface area contributed by atoms with Crippen LogP contribution in [0, 0.1) is 0 Å². The van der Waals surface area contributed by atoms with Gasteiger partial charge in [-0.3, -0.25) is 4.79 Å². The van der Waals surface area contributed by atoms with Gasteiger partial charge in [0.15, 0.2) is 18.1 Å². The molecule has 2 aromatic rings. The molecule has 0 unspecified atom stereocenters. The summed E-state index contributed by atoms with van der Waals surface area (Å²) in [6.07, 6.45) is 4.83. The molecule has 7 heteroatoms. The summed E-state index contributed by atoms with van der Waals surface area (Å²) in [5.41, 5.74) is 1.68. The number of rotatable bonds is 9. The maximum absolute atomic E-state index is 12.2. The standard InChI is InChI=1S/C22H25NO5S/c1-23(14-16-8-11-18(29-4)12-9-16)20(24)15-28-21(25)13-10-17-6-5-7-19(26-2)22(17)27-3/h5-13H,14-15H2,1-4H3/b13-10+. The van der Waals surface area contributed by atoms with Crippen LogP contribution in [0.25, 0.3) is 6.08 Å². The van der Waals surface area contributed by atoms with E-state index in [2.05, 4.69) is 0 Å². The van der Waals surface area contributed by atoms with Crippen molar-refractivity contribution in [2.24, 2.45) is 0 Å². The molecule has 2 aromatic carbocycles. The van der Waals surface area contributed by atoms with Crippen molar-refractivity contribution in [2.75, 3.05) is 34.1 Å². The van der Waals surface area contributed by atoms with E-state index in [0.29, 0.717) is 23.6 Å². The number of nitrogens with zero attached hydrogens (tertiary/aromatic N) is 1. The summed E-state index contributed by atoms with van der Waals surface area (Å²) in [4.78, 5) is 26.9. The lowest BCUT2D eigenvalue weighted by atomic mass is 10.1. The minimum absolute atomic E-state index is 0.278. The smallest absolute Gasteiger partial charge is 0.331 e. The van der Waals surface area contributed by atoms with Gasteiger partial charge in [-0.2, -0.15) is 0 Å². The lowest BCUT2D eigenvalue weighted by molar-refractivity contribution is -0.147. The fourth-order valence-electron chi connectivity index (χ4n) is 2.59. The fourth-order valence-corrected chi connectivity index (χ4v) is 2.99. The summed E-state index contributed by atoms with van der Waals surface area (Å²) in [5.74, 6) is 0.188. The summed E-state index contributed by atoms with van der Waals surface area (Å²) >= 11 is 1.66. The van der Waals surface area contributed by atoms with Crippen LogP contribution < -0.4 is 9.47 Å². The SMILES string of the molecule is COc1cccc(/C=C/C(=O)OCC(=O)N(C)Cc2ccc(SC)cc2)c1OC. The van der Waals surface area contributed by atoms with Crippen molar-refractivity contribution in [3.8, 4) is 11.5 Å². The van der Waals surface area contributed by atoms with Crippen LogP contribution in [0.15, 0.2) is 53.4 Å². The van der Waals surface area contributed by atoms with Gasteiger partial charge in [-0.1, -0.05) is 24.3 Å². The molecule has 0 N–H and O–H groups in total. The normalized spacial score (nSPS) is 10.6. The molecule has 0 aromatic heterocycles. The van der Waals surface area contributed by atoms with Gasteiger partial charge in [-0.05, 0) is 36.1 Å². The van der Waals surface area contributed by atoms with Gasteiger partial charge < -0.3 is 19.1 Å². The second-order valence-electron chi connectivity index (χ2n) is 6.12. The predicted octanol–water partition coefficient (Wildman–Crippen LogP) is 3.64. The highest BCUT2D eigenvalue weighted by Gasteiger charge is 2.12. The van der Waals surface area contributed by atoms with Crippen molar-refractivity contribution >= 4 is 29.7 Å². The molecule has 0 aliphatic carbocycles. The monoisotopic (exact) mass is 415 g/mol. The molecule has 0 atom stereocenters. The molecule has 1 amide bonds. The lowest BCUT2D eigenvalue weighted by Gasteiger charge is -2.17. The van der Waals surface area contributed by atoms with Crippen LogP contribution in [0.1, 0.15) is 11.1 Å². The first-order valence-corrected chi connectivity index (χ1v) is 10.1. The van der Waals surface area contributed by atoms with Gasteiger partial charge >= 0.3 is 5.97 Å². The number of benzene rings is 2. The molecule has 29 heavy (non-hydrogen) atoms. The van der Waals surface area contributed by atoms with Crippen molar-refractivity contribution in [3.05, 3.63) is 59.7 Å². The molecular weight excluding hydrogens is 390 g/mol. The largest absolute Gasteiger partial charge is 0.493 e. The van der Waals surface area contributed by atoms with E-state index in [1.165, 1.54) is 18.1 Å². The average molecular weight is 416 g/mol. The third kappa shape index (κ3) is 6.57. The highest BCUT2D eigenvalue weighted by Crippen LogP contribution is 2.31. The van der Waals surface area contributed by atoms with Crippen LogP contribution in [-0.2, 0) is 20.9 Å². The summed E-state index contributed by atoms with van der Waals surface area (Å²) in [7, 11) is 4.74. The summed E-state index contributed by atoms with van der Waals surface area (Å²) in [6, 6.07) is 13.3. The van der Waals surface area contributed by atoms with Crippen molar-refractivity contribution < 1.29 is 23.8 Å². The number of methoxy groups -OCH3 is 2. The zero-order valence-electron chi connectivity index (χ0n) is 17.0. The molecule has 6 nitrogen and oxygen atoms in total. The van der Waals surface area contributed by atoms with E-state index in [4.69, 9.17) is 14.2 Å². The molecular formula is C22H25NO5S. The quantitative estimate of drug-likeness (QED) is 0.354. The van der Waals surface area contributed by atoms with E-state index in [1.807, 2.05) is 30.5 Å². The minimum atomic E-state index is -0.610. The Hall–Kier alpha value is -2.93. The van der Waals surface area contributed by atoms with Crippen molar-refractivity contribution in [1.82, 2.24) is 4.90 Å². The van der Waals surface area contributed by atoms with Crippen LogP contribution in [0.3, 0.4) is 0 Å². The van der Waals surface area contributed by atoms with E-state index >= 15 is 0 Å². The summed E-state index contributed by atoms with van der Waals surface area (Å²) in [6.45, 7) is 0.125. The molecule has 0 aliphatic heterocycles. The number of carbonyl (C=O) groups excluding carboxylic acids is 2. The number of esters is 1. The maximum Gasteiger partial charge on any atom is 0.331 e. The molecule has 0 bridgehead atoms. The maximum atomic E-state index is 12.2. The van der Waals surface area contributed by atoms with E-state index < -0.39 is 5.97 Å². The Morgan fingerprint density at radius 2 is 1.79 bits per heavy atom. The van der Waals surface area contributed by atoms with Crippen LogP contribution in [0.4, 0.5) is 0 Å². The number of hydrogen-bond acceptors (Lipinski definition) is 6. The second-order valence-corrected chi connectivity index (χ2v) is 7.00. The first kappa shape index (κ1) is 22.4. The second kappa shape index (κ2) is 11.2. The molecule has 0 fully saturated rings. The zero-order chi connectivity index (χ0) is 21.2. The Labute approximate surface area is 175 Å². The predicted molar refractivity (Wildman–Crippen MR) is 114 cm³/mol. The highest BCUT2D eigenvalue weighted by atomic mass is 32.2. The van der Waals surface area contributed by atoms with E-state index in [0.717, 1.165) is 10.5 Å². The Morgan fingerprint density at radius 1 is 1.07 bits per heavy atom. The summed E-state index contributed by atoms with van der Waals surface area (Å²) < 4.78 is 15.6.